The van der Waals surface area contributed by atoms with Crippen molar-refractivity contribution in [3.8, 4) is 0 Å². The van der Waals surface area contributed by atoms with Gasteiger partial charge in [-0.25, -0.2) is 0 Å². The van der Waals surface area contributed by atoms with Crippen molar-refractivity contribution >= 4 is 27.5 Å². The first-order valence-electron chi connectivity index (χ1n) is 3.95. The predicted octanol–water partition coefficient (Wildman–Crippen LogP) is 3.43. The van der Waals surface area contributed by atoms with Gasteiger partial charge in [0.2, 0.25) is 5.91 Å². The fraction of sp³-hybridized carbons (Fsp3) is 0.222. The van der Waals surface area contributed by atoms with Crippen molar-refractivity contribution < 1.29 is 18.0 Å². The molecule has 6 heteroatoms. The second-order valence-corrected chi connectivity index (χ2v) is 3.73. The molecule has 1 aromatic rings. The van der Waals surface area contributed by atoms with Gasteiger partial charge in [0.05, 0.1) is 5.56 Å². The third kappa shape index (κ3) is 3.23. The van der Waals surface area contributed by atoms with E-state index >= 15 is 0 Å². The normalized spacial score (nSPS) is 11.3. The van der Waals surface area contributed by atoms with Gasteiger partial charge in [0.1, 0.15) is 0 Å². The molecule has 0 spiro atoms. The predicted molar refractivity (Wildman–Crippen MR) is 53.4 cm³/mol. The van der Waals surface area contributed by atoms with Gasteiger partial charge in [-0.1, -0.05) is 15.9 Å². The summed E-state index contributed by atoms with van der Waals surface area (Å²) in [6.07, 6.45) is -4.40. The number of anilines is 1. The lowest BCUT2D eigenvalue weighted by atomic mass is 10.2. The van der Waals surface area contributed by atoms with E-state index in [-0.39, 0.29) is 10.4 Å². The summed E-state index contributed by atoms with van der Waals surface area (Å²) in [5, 5.41) is 2.39. The minimum Gasteiger partial charge on any atom is -0.326 e. The first-order valence-corrected chi connectivity index (χ1v) is 4.74. The summed E-state index contributed by atoms with van der Waals surface area (Å²) >= 11 is 2.80. The number of halogens is 4. The van der Waals surface area contributed by atoms with Crippen molar-refractivity contribution in [1.82, 2.24) is 0 Å². The Morgan fingerprint density at radius 3 is 2.40 bits per heavy atom. The van der Waals surface area contributed by atoms with Crippen LogP contribution in [0.4, 0.5) is 18.9 Å². The maximum Gasteiger partial charge on any atom is 0.417 e. The van der Waals surface area contributed by atoms with Gasteiger partial charge in [-0.2, -0.15) is 13.2 Å². The van der Waals surface area contributed by atoms with Gasteiger partial charge in [-0.15, -0.1) is 0 Å². The first kappa shape index (κ1) is 12.0. The fourth-order valence-electron chi connectivity index (χ4n) is 1.03. The molecule has 0 aromatic heterocycles. The number of carbonyl (C=O) groups is 1. The van der Waals surface area contributed by atoms with Crippen molar-refractivity contribution in [1.29, 1.82) is 0 Å². The highest BCUT2D eigenvalue weighted by Crippen LogP contribution is 2.35. The van der Waals surface area contributed by atoms with Crippen molar-refractivity contribution in [2.75, 3.05) is 5.32 Å². The molecule has 15 heavy (non-hydrogen) atoms. The van der Waals surface area contributed by atoms with E-state index in [1.165, 1.54) is 19.1 Å². The van der Waals surface area contributed by atoms with Crippen LogP contribution < -0.4 is 5.32 Å². The average Bonchev–Trinajstić information content (AvgIpc) is 1.99. The van der Waals surface area contributed by atoms with E-state index < -0.39 is 11.7 Å². The summed E-state index contributed by atoms with van der Waals surface area (Å²) < 4.78 is 36.9. The largest absolute Gasteiger partial charge is 0.417 e. The van der Waals surface area contributed by atoms with Crippen LogP contribution in [0.25, 0.3) is 0 Å². The van der Waals surface area contributed by atoms with Gasteiger partial charge in [-0.3, -0.25) is 4.79 Å². The number of benzene rings is 1. The van der Waals surface area contributed by atoms with Crippen LogP contribution >= 0.6 is 15.9 Å². The zero-order valence-electron chi connectivity index (χ0n) is 7.65. The van der Waals surface area contributed by atoms with Crippen LogP contribution in [0.1, 0.15) is 12.5 Å². The molecule has 1 amide bonds. The van der Waals surface area contributed by atoms with Gasteiger partial charge in [0.25, 0.3) is 0 Å². The van der Waals surface area contributed by atoms with Crippen LogP contribution in [-0.2, 0) is 11.0 Å². The van der Waals surface area contributed by atoms with Crippen LogP contribution in [0.15, 0.2) is 22.7 Å². The molecule has 0 saturated carbocycles. The van der Waals surface area contributed by atoms with E-state index in [9.17, 15) is 18.0 Å². The van der Waals surface area contributed by atoms with Crippen molar-refractivity contribution in [2.45, 2.75) is 13.1 Å². The smallest absolute Gasteiger partial charge is 0.326 e. The molecule has 1 rings (SSSR count). The molecule has 0 aliphatic heterocycles. The molecule has 0 heterocycles. The average molecular weight is 282 g/mol. The number of hydrogen-bond acceptors (Lipinski definition) is 1. The highest BCUT2D eigenvalue weighted by molar-refractivity contribution is 9.10. The molecule has 0 saturated heterocycles. The maximum absolute atomic E-state index is 12.3. The number of nitrogens with one attached hydrogen (secondary N) is 1. The number of carbonyl (C=O) groups excluding carboxylic acids is 1. The lowest BCUT2D eigenvalue weighted by molar-refractivity contribution is -0.138. The number of alkyl halides is 3. The van der Waals surface area contributed by atoms with Gasteiger partial charge >= 0.3 is 6.18 Å². The van der Waals surface area contributed by atoms with Gasteiger partial charge in [0.15, 0.2) is 0 Å². The van der Waals surface area contributed by atoms with E-state index in [0.29, 0.717) is 5.69 Å². The molecule has 82 valence electrons. The van der Waals surface area contributed by atoms with Crippen molar-refractivity contribution in [3.05, 3.63) is 28.2 Å². The number of hydrogen-bond donors (Lipinski definition) is 1. The quantitative estimate of drug-likeness (QED) is 0.840. The summed E-state index contributed by atoms with van der Waals surface area (Å²) in [7, 11) is 0. The minimum absolute atomic E-state index is 0.0961. The second kappa shape index (κ2) is 4.22. The fourth-order valence-corrected chi connectivity index (χ4v) is 1.63. The number of rotatable bonds is 1. The molecule has 0 unspecified atom stereocenters. The Morgan fingerprint density at radius 2 is 2.00 bits per heavy atom. The van der Waals surface area contributed by atoms with Crippen LogP contribution in [0.5, 0.6) is 0 Å². The Hall–Kier alpha value is -1.04. The van der Waals surface area contributed by atoms with E-state index in [0.717, 1.165) is 6.07 Å². The lowest BCUT2D eigenvalue weighted by Crippen LogP contribution is -2.09. The standard InChI is InChI=1S/C9H7BrF3NO/c1-5(15)14-6-2-3-7(8(10)4-6)9(11,12)13/h2-4H,1H3,(H,14,15). The van der Waals surface area contributed by atoms with Gasteiger partial charge in [0, 0.05) is 17.1 Å². The molecule has 1 N–H and O–H groups in total. The Morgan fingerprint density at radius 1 is 1.40 bits per heavy atom. The third-order valence-corrected chi connectivity index (χ3v) is 2.25. The second-order valence-electron chi connectivity index (χ2n) is 2.87. The highest BCUT2D eigenvalue weighted by Gasteiger charge is 2.32. The molecule has 0 fully saturated rings. The molecular formula is C9H7BrF3NO. The van der Waals surface area contributed by atoms with Crippen LogP contribution in [0.2, 0.25) is 0 Å². The molecule has 0 aliphatic rings. The summed E-state index contributed by atoms with van der Waals surface area (Å²) in [6, 6.07) is 3.33. The van der Waals surface area contributed by atoms with Gasteiger partial charge < -0.3 is 5.32 Å². The van der Waals surface area contributed by atoms with E-state index in [1.54, 1.807) is 0 Å². The van der Waals surface area contributed by atoms with Crippen LogP contribution in [-0.4, -0.2) is 5.91 Å². The van der Waals surface area contributed by atoms with Crippen molar-refractivity contribution in [3.63, 3.8) is 0 Å². The topological polar surface area (TPSA) is 29.1 Å². The highest BCUT2D eigenvalue weighted by atomic mass is 79.9. The molecule has 1 aromatic carbocycles. The Labute approximate surface area is 92.6 Å². The number of amides is 1. The molecule has 0 atom stereocenters. The van der Waals surface area contributed by atoms with Crippen molar-refractivity contribution in [2.24, 2.45) is 0 Å². The minimum atomic E-state index is -4.40. The monoisotopic (exact) mass is 281 g/mol. The van der Waals surface area contributed by atoms with E-state index in [2.05, 4.69) is 21.2 Å². The lowest BCUT2D eigenvalue weighted by Gasteiger charge is -2.10. The third-order valence-electron chi connectivity index (χ3n) is 1.59. The zero-order valence-corrected chi connectivity index (χ0v) is 9.24. The molecule has 2 nitrogen and oxygen atoms in total. The van der Waals surface area contributed by atoms with Crippen LogP contribution in [0, 0.1) is 0 Å². The molecule has 0 aliphatic carbocycles. The van der Waals surface area contributed by atoms with Gasteiger partial charge in [-0.05, 0) is 18.2 Å². The Balaban J connectivity index is 3.04. The summed E-state index contributed by atoms with van der Waals surface area (Å²) in [5.41, 5.74) is -0.445. The Kier molecular flexibility index (Phi) is 3.38. The van der Waals surface area contributed by atoms with Crippen LogP contribution in [0.3, 0.4) is 0 Å². The molecule has 0 radical (unpaired) electrons. The van der Waals surface area contributed by atoms with E-state index in [4.69, 9.17) is 0 Å². The molecular weight excluding hydrogens is 275 g/mol. The molecule has 0 bridgehead atoms. The SMILES string of the molecule is CC(=O)Nc1ccc(C(F)(F)F)c(Br)c1. The van der Waals surface area contributed by atoms with E-state index in [1.807, 2.05) is 0 Å². The Bertz CT molecular complexity index is 389. The summed E-state index contributed by atoms with van der Waals surface area (Å²) in [6.45, 7) is 1.28. The first-order chi connectivity index (χ1) is 6.80. The maximum atomic E-state index is 12.3. The zero-order chi connectivity index (χ0) is 11.6. The summed E-state index contributed by atoms with van der Waals surface area (Å²) in [5.74, 6) is -0.332. The summed E-state index contributed by atoms with van der Waals surface area (Å²) in [4.78, 5) is 10.7.